The lowest BCUT2D eigenvalue weighted by molar-refractivity contribution is 0.0912. The Morgan fingerprint density at radius 1 is 1.48 bits per heavy atom. The van der Waals surface area contributed by atoms with Crippen LogP contribution >= 0.6 is 23.2 Å². The Kier molecular flexibility index (Phi) is 5.19. The van der Waals surface area contributed by atoms with Gasteiger partial charge in [0.1, 0.15) is 6.20 Å². The number of carbonyl (C=O) groups is 1. The molecule has 0 aliphatic carbocycles. The van der Waals surface area contributed by atoms with E-state index >= 15 is 0 Å². The van der Waals surface area contributed by atoms with Crippen molar-refractivity contribution < 1.29 is 13.9 Å². The Hall–Kier alpha value is -2.05. The largest absolute Gasteiger partial charge is 0.464 e. The maximum absolute atomic E-state index is 11.7. The van der Waals surface area contributed by atoms with Crippen molar-refractivity contribution in [1.82, 2.24) is 10.4 Å². The second-order valence-electron chi connectivity index (χ2n) is 3.75. The van der Waals surface area contributed by atoms with Gasteiger partial charge in [0.2, 0.25) is 0 Å². The van der Waals surface area contributed by atoms with Crippen LogP contribution in [-0.4, -0.2) is 23.7 Å². The number of halogens is 2. The summed E-state index contributed by atoms with van der Waals surface area (Å²) in [6.45, 7) is 2.21. The number of amides is 1. The SMILES string of the molecule is CCOc1cnc(C(=O)N/N=C\c2c(Cl)cccc2Cl)o1. The maximum Gasteiger partial charge on any atom is 0.327 e. The van der Waals surface area contributed by atoms with Crippen LogP contribution in [0.5, 0.6) is 5.95 Å². The number of carbonyl (C=O) groups excluding carboxylic acids is 1. The van der Waals surface area contributed by atoms with Gasteiger partial charge >= 0.3 is 11.9 Å². The van der Waals surface area contributed by atoms with Crippen LogP contribution in [0.1, 0.15) is 23.2 Å². The summed E-state index contributed by atoms with van der Waals surface area (Å²) in [6.07, 6.45) is 2.65. The molecule has 0 radical (unpaired) electrons. The Labute approximate surface area is 130 Å². The number of hydrazone groups is 1. The molecule has 21 heavy (non-hydrogen) atoms. The van der Waals surface area contributed by atoms with Crippen molar-refractivity contribution in [3.05, 3.63) is 45.9 Å². The van der Waals surface area contributed by atoms with E-state index in [9.17, 15) is 4.79 Å². The topological polar surface area (TPSA) is 76.7 Å². The van der Waals surface area contributed by atoms with Crippen LogP contribution in [0, 0.1) is 0 Å². The lowest BCUT2D eigenvalue weighted by Crippen LogP contribution is -2.17. The molecule has 0 saturated heterocycles. The van der Waals surface area contributed by atoms with Gasteiger partial charge in [0, 0.05) is 5.56 Å². The number of nitrogens with zero attached hydrogens (tertiary/aromatic N) is 2. The van der Waals surface area contributed by atoms with Gasteiger partial charge in [-0.3, -0.25) is 4.79 Å². The highest BCUT2D eigenvalue weighted by Gasteiger charge is 2.13. The Morgan fingerprint density at radius 3 is 2.86 bits per heavy atom. The molecule has 2 aromatic rings. The molecule has 1 aromatic heterocycles. The van der Waals surface area contributed by atoms with Crippen LogP contribution in [0.25, 0.3) is 0 Å². The van der Waals surface area contributed by atoms with E-state index in [0.29, 0.717) is 22.2 Å². The summed E-state index contributed by atoms with van der Waals surface area (Å²) in [5.74, 6) is -0.595. The summed E-state index contributed by atoms with van der Waals surface area (Å²) in [4.78, 5) is 15.5. The van der Waals surface area contributed by atoms with Crippen LogP contribution in [-0.2, 0) is 0 Å². The predicted octanol–water partition coefficient (Wildman–Crippen LogP) is 3.14. The number of benzene rings is 1. The molecule has 0 spiro atoms. The number of nitrogens with one attached hydrogen (secondary N) is 1. The zero-order chi connectivity index (χ0) is 15.2. The molecular weight excluding hydrogens is 317 g/mol. The average Bonchev–Trinajstić information content (AvgIpc) is 2.91. The molecule has 1 N–H and O–H groups in total. The minimum atomic E-state index is -0.611. The molecule has 6 nitrogen and oxygen atoms in total. The summed E-state index contributed by atoms with van der Waals surface area (Å²) in [7, 11) is 0. The molecule has 0 fully saturated rings. The minimum absolute atomic E-state index is 0.152. The van der Waals surface area contributed by atoms with Gasteiger partial charge in [-0.05, 0) is 19.1 Å². The molecule has 2 rings (SSSR count). The number of hydrogen-bond donors (Lipinski definition) is 1. The van der Waals surface area contributed by atoms with E-state index in [4.69, 9.17) is 32.4 Å². The Bertz CT molecular complexity index is 650. The van der Waals surface area contributed by atoms with Crippen LogP contribution in [0.2, 0.25) is 10.0 Å². The molecule has 0 aliphatic heterocycles. The van der Waals surface area contributed by atoms with Gasteiger partial charge in [-0.25, -0.2) is 10.4 Å². The molecule has 1 amide bonds. The van der Waals surface area contributed by atoms with E-state index in [1.54, 1.807) is 25.1 Å². The van der Waals surface area contributed by atoms with E-state index < -0.39 is 5.91 Å². The van der Waals surface area contributed by atoms with Gasteiger partial charge < -0.3 is 9.15 Å². The first-order valence-electron chi connectivity index (χ1n) is 5.98. The van der Waals surface area contributed by atoms with Gasteiger partial charge in [-0.1, -0.05) is 29.3 Å². The fourth-order valence-corrected chi connectivity index (χ4v) is 1.91. The first-order valence-corrected chi connectivity index (χ1v) is 6.73. The average molecular weight is 328 g/mol. The monoisotopic (exact) mass is 327 g/mol. The smallest absolute Gasteiger partial charge is 0.327 e. The van der Waals surface area contributed by atoms with Gasteiger partial charge in [-0.2, -0.15) is 5.10 Å². The molecule has 0 atom stereocenters. The molecule has 1 aromatic carbocycles. The van der Waals surface area contributed by atoms with Crippen molar-refractivity contribution in [3.63, 3.8) is 0 Å². The molecule has 0 bridgehead atoms. The summed E-state index contributed by atoms with van der Waals surface area (Å²) in [5.41, 5.74) is 2.76. The van der Waals surface area contributed by atoms with E-state index in [-0.39, 0.29) is 11.8 Å². The Balaban J connectivity index is 2.01. The molecule has 0 aliphatic rings. The number of rotatable bonds is 5. The summed E-state index contributed by atoms with van der Waals surface area (Å²) < 4.78 is 10.1. The highest BCUT2D eigenvalue weighted by atomic mass is 35.5. The zero-order valence-electron chi connectivity index (χ0n) is 11.0. The zero-order valence-corrected chi connectivity index (χ0v) is 12.5. The van der Waals surface area contributed by atoms with Crippen LogP contribution in [0.15, 0.2) is 33.9 Å². The molecule has 1 heterocycles. The lowest BCUT2D eigenvalue weighted by Gasteiger charge is -2.00. The third kappa shape index (κ3) is 3.96. The molecule has 0 unspecified atom stereocenters. The summed E-state index contributed by atoms with van der Waals surface area (Å²) in [6, 6.07) is 5.04. The highest BCUT2D eigenvalue weighted by Crippen LogP contribution is 2.22. The third-order valence-electron chi connectivity index (χ3n) is 2.32. The second kappa shape index (κ2) is 7.10. The van der Waals surface area contributed by atoms with E-state index in [0.717, 1.165) is 0 Å². The quantitative estimate of drug-likeness (QED) is 0.676. The molecule has 110 valence electrons. The van der Waals surface area contributed by atoms with Crippen LogP contribution < -0.4 is 10.2 Å². The fourth-order valence-electron chi connectivity index (χ4n) is 1.41. The fraction of sp³-hybridized carbons (Fsp3) is 0.154. The normalized spacial score (nSPS) is 10.8. The van der Waals surface area contributed by atoms with Crippen LogP contribution in [0.4, 0.5) is 0 Å². The van der Waals surface area contributed by atoms with Crippen LogP contribution in [0.3, 0.4) is 0 Å². The third-order valence-corrected chi connectivity index (χ3v) is 2.98. The second-order valence-corrected chi connectivity index (χ2v) is 4.57. The van der Waals surface area contributed by atoms with E-state index in [1.807, 2.05) is 0 Å². The van der Waals surface area contributed by atoms with Crippen molar-refractivity contribution in [3.8, 4) is 5.95 Å². The first-order chi connectivity index (χ1) is 10.1. The van der Waals surface area contributed by atoms with Crippen molar-refractivity contribution in [2.75, 3.05) is 6.61 Å². The molecular formula is C13H11Cl2N3O3. The lowest BCUT2D eigenvalue weighted by atomic mass is 10.2. The first kappa shape index (κ1) is 15.3. The van der Waals surface area contributed by atoms with Crippen molar-refractivity contribution >= 4 is 35.3 Å². The summed E-state index contributed by atoms with van der Waals surface area (Å²) in [5, 5.41) is 4.61. The van der Waals surface area contributed by atoms with Gasteiger partial charge in [0.15, 0.2) is 0 Å². The minimum Gasteiger partial charge on any atom is -0.464 e. The summed E-state index contributed by atoms with van der Waals surface area (Å²) >= 11 is 11.9. The molecule has 0 saturated carbocycles. The van der Waals surface area contributed by atoms with Crippen molar-refractivity contribution in [1.29, 1.82) is 0 Å². The maximum atomic E-state index is 11.7. The Morgan fingerprint density at radius 2 is 2.19 bits per heavy atom. The van der Waals surface area contributed by atoms with Gasteiger partial charge in [0.25, 0.3) is 5.89 Å². The predicted molar refractivity (Wildman–Crippen MR) is 79.2 cm³/mol. The molecule has 8 heteroatoms. The number of aromatic nitrogens is 1. The number of oxazole rings is 1. The van der Waals surface area contributed by atoms with E-state index in [2.05, 4.69) is 15.5 Å². The van der Waals surface area contributed by atoms with E-state index in [1.165, 1.54) is 12.4 Å². The standard InChI is InChI=1S/C13H11Cl2N3O3/c1-2-20-11-7-16-13(21-11)12(19)18-17-6-8-9(14)4-3-5-10(8)15/h3-7H,2H2,1H3,(H,18,19)/b17-6-. The van der Waals surface area contributed by atoms with Gasteiger partial charge in [0.05, 0.1) is 22.9 Å². The van der Waals surface area contributed by atoms with Crippen molar-refractivity contribution in [2.24, 2.45) is 5.10 Å². The van der Waals surface area contributed by atoms with Gasteiger partial charge in [-0.15, -0.1) is 0 Å². The number of hydrogen-bond acceptors (Lipinski definition) is 5. The highest BCUT2D eigenvalue weighted by molar-refractivity contribution is 6.38. The van der Waals surface area contributed by atoms with Crippen molar-refractivity contribution in [2.45, 2.75) is 6.92 Å². The number of ether oxygens (including phenoxy) is 1.